The van der Waals surface area contributed by atoms with E-state index in [1.54, 1.807) is 31.2 Å². The van der Waals surface area contributed by atoms with Crippen LogP contribution in [0.25, 0.3) is 11.0 Å². The lowest BCUT2D eigenvalue weighted by atomic mass is 10.1. The van der Waals surface area contributed by atoms with E-state index in [9.17, 15) is 14.4 Å². The number of rotatable bonds is 5. The molecule has 3 rings (SSSR count). The molecule has 1 aromatic carbocycles. The number of amides is 1. The summed E-state index contributed by atoms with van der Waals surface area (Å²) < 4.78 is 10.3. The third kappa shape index (κ3) is 3.64. The maximum Gasteiger partial charge on any atom is 0.349 e. The third-order valence-corrected chi connectivity index (χ3v) is 5.22. The van der Waals surface area contributed by atoms with E-state index in [0.717, 1.165) is 10.4 Å². The van der Waals surface area contributed by atoms with Crippen LogP contribution in [-0.4, -0.2) is 18.5 Å². The molecule has 0 aliphatic carbocycles. The van der Waals surface area contributed by atoms with Gasteiger partial charge in [-0.25, -0.2) is 9.59 Å². The summed E-state index contributed by atoms with van der Waals surface area (Å²) >= 11 is 1.29. The van der Waals surface area contributed by atoms with Crippen molar-refractivity contribution in [1.29, 1.82) is 0 Å². The summed E-state index contributed by atoms with van der Waals surface area (Å²) in [6.45, 7) is 5.77. The van der Waals surface area contributed by atoms with Crippen LogP contribution >= 0.6 is 11.3 Å². The first-order chi connectivity index (χ1) is 13.0. The van der Waals surface area contributed by atoms with Crippen molar-refractivity contribution in [2.75, 3.05) is 11.9 Å². The number of fused-ring (bicyclic) bond motifs is 1. The minimum absolute atomic E-state index is 0.118. The Morgan fingerprint density at radius 1 is 1.22 bits per heavy atom. The second-order valence-corrected chi connectivity index (χ2v) is 7.08. The lowest BCUT2D eigenvalue weighted by Gasteiger charge is -2.08. The van der Waals surface area contributed by atoms with Gasteiger partial charge in [-0.1, -0.05) is 25.1 Å². The Balaban J connectivity index is 2.00. The van der Waals surface area contributed by atoms with Gasteiger partial charge in [-0.2, -0.15) is 0 Å². The number of aryl methyl sites for hydroxylation is 1. The number of hydrogen-bond donors (Lipinski definition) is 1. The van der Waals surface area contributed by atoms with Crippen molar-refractivity contribution in [3.8, 4) is 0 Å². The highest BCUT2D eigenvalue weighted by atomic mass is 32.1. The second kappa shape index (κ2) is 7.75. The average Bonchev–Trinajstić information content (AvgIpc) is 2.96. The number of benzene rings is 1. The number of ether oxygens (including phenoxy) is 1. The third-order valence-electron chi connectivity index (χ3n) is 4.16. The lowest BCUT2D eigenvalue weighted by molar-refractivity contribution is 0.0527. The minimum atomic E-state index is -0.729. The Labute approximate surface area is 159 Å². The van der Waals surface area contributed by atoms with Crippen LogP contribution in [0.15, 0.2) is 39.5 Å². The molecule has 3 aromatic rings. The van der Waals surface area contributed by atoms with Gasteiger partial charge in [0.2, 0.25) is 0 Å². The van der Waals surface area contributed by atoms with Gasteiger partial charge in [0.15, 0.2) is 0 Å². The molecule has 0 bridgehead atoms. The van der Waals surface area contributed by atoms with E-state index in [4.69, 9.17) is 9.15 Å². The highest BCUT2D eigenvalue weighted by Gasteiger charge is 2.24. The zero-order chi connectivity index (χ0) is 19.6. The molecule has 0 saturated carbocycles. The molecule has 140 valence electrons. The van der Waals surface area contributed by atoms with Crippen LogP contribution in [0, 0.1) is 6.92 Å². The van der Waals surface area contributed by atoms with Crippen LogP contribution in [0.3, 0.4) is 0 Å². The van der Waals surface area contributed by atoms with Gasteiger partial charge in [-0.3, -0.25) is 4.79 Å². The SMILES string of the molecule is CCOC(=O)c1c(NC(=O)c2cc3ccccc3oc2=O)sc(C)c1CC. The van der Waals surface area contributed by atoms with Gasteiger partial charge < -0.3 is 14.5 Å². The van der Waals surface area contributed by atoms with E-state index in [1.807, 2.05) is 13.8 Å². The first-order valence-corrected chi connectivity index (χ1v) is 9.41. The maximum absolute atomic E-state index is 12.7. The standard InChI is InChI=1S/C20H19NO5S/c1-4-13-11(3)27-18(16(13)20(24)25-5-2)21-17(22)14-10-12-8-6-7-9-15(12)26-19(14)23/h6-10H,4-5H2,1-3H3,(H,21,22). The van der Waals surface area contributed by atoms with E-state index < -0.39 is 17.5 Å². The summed E-state index contributed by atoms with van der Waals surface area (Å²) in [6.07, 6.45) is 0.629. The van der Waals surface area contributed by atoms with Crippen molar-refractivity contribution in [1.82, 2.24) is 0 Å². The van der Waals surface area contributed by atoms with Crippen molar-refractivity contribution in [2.45, 2.75) is 27.2 Å². The van der Waals surface area contributed by atoms with Gasteiger partial charge in [-0.15, -0.1) is 11.3 Å². The predicted octanol–water partition coefficient (Wildman–Crippen LogP) is 4.15. The van der Waals surface area contributed by atoms with Crippen molar-refractivity contribution in [3.05, 3.63) is 62.3 Å². The number of para-hydroxylation sites is 1. The summed E-state index contributed by atoms with van der Waals surface area (Å²) in [5, 5.41) is 3.70. The number of carbonyl (C=O) groups is 2. The van der Waals surface area contributed by atoms with Gasteiger partial charge in [-0.05, 0) is 38.0 Å². The smallest absolute Gasteiger partial charge is 0.349 e. The van der Waals surface area contributed by atoms with Crippen molar-refractivity contribution >= 4 is 39.2 Å². The Hall–Kier alpha value is -2.93. The fraction of sp³-hybridized carbons (Fsp3) is 0.250. The first kappa shape index (κ1) is 18.8. The topological polar surface area (TPSA) is 85.6 Å². The summed E-state index contributed by atoms with van der Waals surface area (Å²) in [5.41, 5.74) is 0.742. The molecule has 0 saturated heterocycles. The molecule has 0 unspecified atom stereocenters. The molecule has 6 nitrogen and oxygen atoms in total. The van der Waals surface area contributed by atoms with Crippen LogP contribution in [0.1, 0.15) is 45.0 Å². The van der Waals surface area contributed by atoms with Crippen LogP contribution in [-0.2, 0) is 11.2 Å². The normalized spacial score (nSPS) is 10.8. The largest absolute Gasteiger partial charge is 0.462 e. The highest BCUT2D eigenvalue weighted by Crippen LogP contribution is 2.34. The van der Waals surface area contributed by atoms with E-state index in [1.165, 1.54) is 17.4 Å². The quantitative estimate of drug-likeness (QED) is 0.527. The first-order valence-electron chi connectivity index (χ1n) is 8.59. The fourth-order valence-corrected chi connectivity index (χ4v) is 4.03. The van der Waals surface area contributed by atoms with Crippen LogP contribution in [0.4, 0.5) is 5.00 Å². The van der Waals surface area contributed by atoms with Gasteiger partial charge >= 0.3 is 11.6 Å². The molecule has 27 heavy (non-hydrogen) atoms. The van der Waals surface area contributed by atoms with Crippen LogP contribution in [0.2, 0.25) is 0 Å². The molecule has 0 atom stereocenters. The molecule has 0 aliphatic heterocycles. The van der Waals surface area contributed by atoms with Gasteiger partial charge in [0.05, 0.1) is 12.2 Å². The molecule has 0 aliphatic rings. The van der Waals surface area contributed by atoms with E-state index in [0.29, 0.717) is 28.0 Å². The van der Waals surface area contributed by atoms with Crippen LogP contribution in [0.5, 0.6) is 0 Å². The number of esters is 1. The van der Waals surface area contributed by atoms with E-state index in [2.05, 4.69) is 5.32 Å². The molecular formula is C20H19NO5S. The summed E-state index contributed by atoms with van der Waals surface area (Å²) in [4.78, 5) is 38.2. The number of nitrogens with one attached hydrogen (secondary N) is 1. The van der Waals surface area contributed by atoms with E-state index in [-0.39, 0.29) is 12.2 Å². The summed E-state index contributed by atoms with van der Waals surface area (Å²) in [7, 11) is 0. The molecule has 1 amide bonds. The Bertz CT molecular complexity index is 1080. The molecule has 2 aromatic heterocycles. The second-order valence-electron chi connectivity index (χ2n) is 5.85. The molecule has 0 spiro atoms. The number of thiophene rings is 1. The summed E-state index contributed by atoms with van der Waals surface area (Å²) in [6, 6.07) is 8.44. The van der Waals surface area contributed by atoms with Gasteiger partial charge in [0.25, 0.3) is 5.91 Å². The Morgan fingerprint density at radius 2 is 1.96 bits per heavy atom. The number of anilines is 1. The predicted molar refractivity (Wildman–Crippen MR) is 105 cm³/mol. The van der Waals surface area contributed by atoms with Gasteiger partial charge in [0.1, 0.15) is 16.1 Å². The number of carbonyl (C=O) groups excluding carboxylic acids is 2. The Kier molecular flexibility index (Phi) is 5.41. The van der Waals surface area contributed by atoms with E-state index >= 15 is 0 Å². The molecular weight excluding hydrogens is 366 g/mol. The zero-order valence-corrected chi connectivity index (χ0v) is 16.1. The lowest BCUT2D eigenvalue weighted by Crippen LogP contribution is -2.21. The molecule has 1 N–H and O–H groups in total. The molecule has 0 radical (unpaired) electrons. The minimum Gasteiger partial charge on any atom is -0.462 e. The number of hydrogen-bond acceptors (Lipinski definition) is 6. The van der Waals surface area contributed by atoms with Crippen molar-refractivity contribution in [2.24, 2.45) is 0 Å². The zero-order valence-electron chi connectivity index (χ0n) is 15.3. The highest BCUT2D eigenvalue weighted by molar-refractivity contribution is 7.16. The Morgan fingerprint density at radius 3 is 2.67 bits per heavy atom. The summed E-state index contributed by atoms with van der Waals surface area (Å²) in [5.74, 6) is -1.11. The average molecular weight is 385 g/mol. The molecule has 2 heterocycles. The van der Waals surface area contributed by atoms with Crippen LogP contribution < -0.4 is 10.9 Å². The van der Waals surface area contributed by atoms with Crippen molar-refractivity contribution < 1.29 is 18.7 Å². The van der Waals surface area contributed by atoms with Crippen molar-refractivity contribution in [3.63, 3.8) is 0 Å². The fourth-order valence-electron chi connectivity index (χ4n) is 2.90. The maximum atomic E-state index is 12.7. The molecule has 0 fully saturated rings. The molecule has 7 heteroatoms. The monoisotopic (exact) mass is 385 g/mol. The van der Waals surface area contributed by atoms with Gasteiger partial charge in [0, 0.05) is 10.3 Å².